The molecule has 0 atom stereocenters. The Kier molecular flexibility index (Phi) is 4.83. The lowest BCUT2D eigenvalue weighted by atomic mass is 10.1. The third-order valence-electron chi connectivity index (χ3n) is 2.79. The minimum absolute atomic E-state index is 0.133. The summed E-state index contributed by atoms with van der Waals surface area (Å²) >= 11 is 5.64. The van der Waals surface area contributed by atoms with Crippen LogP contribution in [0.15, 0.2) is 42.5 Å². The number of rotatable bonds is 4. The molecule has 0 radical (unpaired) electrons. The van der Waals surface area contributed by atoms with Crippen LogP contribution in [0.3, 0.4) is 0 Å². The highest BCUT2D eigenvalue weighted by atomic mass is 35.5. The van der Waals surface area contributed by atoms with E-state index in [1.54, 1.807) is 18.2 Å². The molecule has 1 amide bonds. The number of sulfone groups is 1. The summed E-state index contributed by atoms with van der Waals surface area (Å²) in [5, 5.41) is 2.73. The van der Waals surface area contributed by atoms with Crippen molar-refractivity contribution in [2.75, 3.05) is 11.6 Å². The largest absolute Gasteiger partial charge is 0.322 e. The van der Waals surface area contributed by atoms with Crippen molar-refractivity contribution in [2.45, 2.75) is 5.75 Å². The summed E-state index contributed by atoms with van der Waals surface area (Å²) in [7, 11) is -3.17. The van der Waals surface area contributed by atoms with Crippen LogP contribution in [0.4, 0.5) is 10.1 Å². The van der Waals surface area contributed by atoms with Crippen molar-refractivity contribution in [1.29, 1.82) is 0 Å². The summed E-state index contributed by atoms with van der Waals surface area (Å²) in [6, 6.07) is 10.1. The number of amides is 1. The molecule has 0 saturated heterocycles. The van der Waals surface area contributed by atoms with E-state index >= 15 is 0 Å². The Hall–Kier alpha value is -1.92. The Labute approximate surface area is 132 Å². The molecule has 2 aromatic carbocycles. The lowest BCUT2D eigenvalue weighted by molar-refractivity contribution is 0.102. The number of benzene rings is 2. The van der Waals surface area contributed by atoms with E-state index in [9.17, 15) is 17.6 Å². The SMILES string of the molecule is CS(=O)(=O)Cc1cccc(NC(=O)c2ccc(Cl)cc2F)c1. The highest BCUT2D eigenvalue weighted by Gasteiger charge is 2.13. The van der Waals surface area contributed by atoms with E-state index in [-0.39, 0.29) is 16.3 Å². The number of carbonyl (C=O) groups is 1. The summed E-state index contributed by atoms with van der Waals surface area (Å²) in [5.41, 5.74) is 0.787. The van der Waals surface area contributed by atoms with Crippen molar-refractivity contribution in [3.8, 4) is 0 Å². The molecule has 0 bridgehead atoms. The fraction of sp³-hybridized carbons (Fsp3) is 0.133. The summed E-state index contributed by atoms with van der Waals surface area (Å²) in [5.74, 6) is -1.49. The average Bonchev–Trinajstić information content (AvgIpc) is 2.36. The van der Waals surface area contributed by atoms with Crippen molar-refractivity contribution in [2.24, 2.45) is 0 Å². The van der Waals surface area contributed by atoms with Gasteiger partial charge in [0.05, 0.1) is 11.3 Å². The van der Waals surface area contributed by atoms with Crippen LogP contribution in [-0.4, -0.2) is 20.6 Å². The molecular weight excluding hydrogens is 329 g/mol. The quantitative estimate of drug-likeness (QED) is 0.928. The first kappa shape index (κ1) is 16.5. The zero-order valence-corrected chi connectivity index (χ0v) is 13.2. The molecular formula is C15H13ClFNO3S. The summed E-state index contributed by atoms with van der Waals surface area (Å²) < 4.78 is 36.2. The van der Waals surface area contributed by atoms with Gasteiger partial charge >= 0.3 is 0 Å². The van der Waals surface area contributed by atoms with Gasteiger partial charge in [0.2, 0.25) is 0 Å². The van der Waals surface area contributed by atoms with Crippen molar-refractivity contribution < 1.29 is 17.6 Å². The monoisotopic (exact) mass is 341 g/mol. The Bertz CT molecular complexity index is 821. The normalized spacial score (nSPS) is 11.2. The highest BCUT2D eigenvalue weighted by molar-refractivity contribution is 7.89. The molecule has 0 fully saturated rings. The molecule has 4 nitrogen and oxygen atoms in total. The molecule has 7 heteroatoms. The van der Waals surface area contributed by atoms with Gasteiger partial charge in [-0.3, -0.25) is 4.79 Å². The summed E-state index contributed by atoms with van der Waals surface area (Å²) in [6.45, 7) is 0. The van der Waals surface area contributed by atoms with E-state index in [0.29, 0.717) is 11.3 Å². The van der Waals surface area contributed by atoms with E-state index in [2.05, 4.69) is 5.32 Å². The van der Waals surface area contributed by atoms with E-state index in [0.717, 1.165) is 12.3 Å². The molecule has 0 spiro atoms. The lowest BCUT2D eigenvalue weighted by Crippen LogP contribution is -2.14. The topological polar surface area (TPSA) is 63.2 Å². The maximum atomic E-state index is 13.7. The molecule has 1 N–H and O–H groups in total. The van der Waals surface area contributed by atoms with Gasteiger partial charge in [0.15, 0.2) is 9.84 Å². The van der Waals surface area contributed by atoms with Crippen LogP contribution < -0.4 is 5.32 Å². The van der Waals surface area contributed by atoms with E-state index in [1.165, 1.54) is 18.2 Å². The van der Waals surface area contributed by atoms with Gasteiger partial charge in [0.1, 0.15) is 5.82 Å². The Morgan fingerprint density at radius 2 is 1.95 bits per heavy atom. The molecule has 116 valence electrons. The Morgan fingerprint density at radius 3 is 2.59 bits per heavy atom. The van der Waals surface area contributed by atoms with Gasteiger partial charge in [-0.1, -0.05) is 23.7 Å². The van der Waals surface area contributed by atoms with Crippen molar-refractivity contribution >= 4 is 33.0 Å². The van der Waals surface area contributed by atoms with E-state index in [1.807, 2.05) is 0 Å². The zero-order chi connectivity index (χ0) is 16.3. The molecule has 0 heterocycles. The molecule has 2 aromatic rings. The fourth-order valence-electron chi connectivity index (χ4n) is 1.91. The van der Waals surface area contributed by atoms with Gasteiger partial charge in [0, 0.05) is 17.0 Å². The number of hydrogen-bond acceptors (Lipinski definition) is 3. The summed E-state index contributed by atoms with van der Waals surface area (Å²) in [4.78, 5) is 12.0. The predicted molar refractivity (Wildman–Crippen MR) is 84.4 cm³/mol. The second-order valence-corrected chi connectivity index (χ2v) is 7.43. The van der Waals surface area contributed by atoms with Crippen LogP contribution in [0, 0.1) is 5.82 Å². The van der Waals surface area contributed by atoms with Gasteiger partial charge < -0.3 is 5.32 Å². The predicted octanol–water partition coefficient (Wildman–Crippen LogP) is 3.28. The standard InChI is InChI=1S/C15H13ClFNO3S/c1-22(20,21)9-10-3-2-4-12(7-10)18-15(19)13-6-5-11(16)8-14(13)17/h2-8H,9H2,1H3,(H,18,19). The fourth-order valence-corrected chi connectivity index (χ4v) is 2.86. The third kappa shape index (κ3) is 4.54. The average molecular weight is 342 g/mol. The number of nitrogens with one attached hydrogen (secondary N) is 1. The number of halogens is 2. The Morgan fingerprint density at radius 1 is 1.23 bits per heavy atom. The zero-order valence-electron chi connectivity index (χ0n) is 11.6. The second kappa shape index (κ2) is 6.46. The van der Waals surface area contributed by atoms with Crippen molar-refractivity contribution in [1.82, 2.24) is 0 Å². The number of anilines is 1. The smallest absolute Gasteiger partial charge is 0.258 e. The molecule has 0 aliphatic carbocycles. The van der Waals surface area contributed by atoms with Crippen LogP contribution in [-0.2, 0) is 15.6 Å². The van der Waals surface area contributed by atoms with Crippen molar-refractivity contribution in [3.63, 3.8) is 0 Å². The Balaban J connectivity index is 2.20. The van der Waals surface area contributed by atoms with Crippen LogP contribution in [0.5, 0.6) is 0 Å². The lowest BCUT2D eigenvalue weighted by Gasteiger charge is -2.08. The van der Waals surface area contributed by atoms with Crippen LogP contribution >= 0.6 is 11.6 Å². The molecule has 0 aliphatic heterocycles. The maximum Gasteiger partial charge on any atom is 0.258 e. The van der Waals surface area contributed by atoms with Gasteiger partial charge in [-0.15, -0.1) is 0 Å². The minimum atomic E-state index is -3.17. The van der Waals surface area contributed by atoms with Crippen LogP contribution in [0.25, 0.3) is 0 Å². The summed E-state index contributed by atoms with van der Waals surface area (Å²) in [6.07, 6.45) is 1.13. The molecule has 0 aromatic heterocycles. The third-order valence-corrected chi connectivity index (χ3v) is 3.88. The molecule has 0 unspecified atom stereocenters. The van der Waals surface area contributed by atoms with Crippen molar-refractivity contribution in [3.05, 3.63) is 64.4 Å². The highest BCUT2D eigenvalue weighted by Crippen LogP contribution is 2.18. The van der Waals surface area contributed by atoms with Gasteiger partial charge in [-0.05, 0) is 35.9 Å². The van der Waals surface area contributed by atoms with Gasteiger partial charge in [-0.25, -0.2) is 12.8 Å². The van der Waals surface area contributed by atoms with Crippen LogP contribution in [0.1, 0.15) is 15.9 Å². The van der Waals surface area contributed by atoms with Gasteiger partial charge in [-0.2, -0.15) is 0 Å². The van der Waals surface area contributed by atoms with Crippen LogP contribution in [0.2, 0.25) is 5.02 Å². The minimum Gasteiger partial charge on any atom is -0.322 e. The molecule has 0 aliphatic rings. The maximum absolute atomic E-state index is 13.7. The first-order chi connectivity index (χ1) is 10.2. The van der Waals surface area contributed by atoms with E-state index in [4.69, 9.17) is 11.6 Å². The molecule has 22 heavy (non-hydrogen) atoms. The number of hydrogen-bond donors (Lipinski definition) is 1. The first-order valence-corrected chi connectivity index (χ1v) is 8.71. The second-order valence-electron chi connectivity index (χ2n) is 4.85. The number of carbonyl (C=O) groups excluding carboxylic acids is 1. The molecule has 2 rings (SSSR count). The van der Waals surface area contributed by atoms with Gasteiger partial charge in [0.25, 0.3) is 5.91 Å². The van der Waals surface area contributed by atoms with E-state index < -0.39 is 21.6 Å². The first-order valence-electron chi connectivity index (χ1n) is 6.28. The molecule has 0 saturated carbocycles.